The molecule has 1 aromatic rings. The highest BCUT2D eigenvalue weighted by molar-refractivity contribution is 9.11. The van der Waals surface area contributed by atoms with E-state index in [9.17, 15) is 40.5 Å². The van der Waals surface area contributed by atoms with E-state index in [1.54, 1.807) is 0 Å². The molecule has 0 spiro atoms. The van der Waals surface area contributed by atoms with Crippen LogP contribution >= 0.6 is 31.9 Å². The summed E-state index contributed by atoms with van der Waals surface area (Å²) in [6.45, 7) is 0. The molecule has 112 valence electrons. The lowest BCUT2D eigenvalue weighted by Crippen LogP contribution is -2.22. The number of halogens is 2. The van der Waals surface area contributed by atoms with Gasteiger partial charge in [-0.1, -0.05) is 0 Å². The number of nitrogens with zero attached hydrogens (tertiary/aromatic N) is 4. The molecule has 1 aromatic carbocycles. The number of rotatable bonds is 5. The molecule has 0 N–H and O–H groups in total. The minimum absolute atomic E-state index is 0.367. The third-order valence-electron chi connectivity index (χ3n) is 2.24. The molecule has 14 heteroatoms. The van der Waals surface area contributed by atoms with Crippen LogP contribution in [0.2, 0.25) is 0 Å². The van der Waals surface area contributed by atoms with Crippen LogP contribution in [-0.2, 0) is 0 Å². The van der Waals surface area contributed by atoms with E-state index < -0.39 is 42.8 Å². The topological polar surface area (TPSA) is 173 Å². The van der Waals surface area contributed by atoms with Gasteiger partial charge < -0.3 is 0 Å². The van der Waals surface area contributed by atoms with E-state index in [-0.39, 0.29) is 8.95 Å². The molecular formula is C7H2Br2N4O8. The van der Waals surface area contributed by atoms with Crippen molar-refractivity contribution in [3.63, 3.8) is 0 Å². The van der Waals surface area contributed by atoms with Gasteiger partial charge in [-0.25, -0.2) is 0 Å². The maximum atomic E-state index is 11.0. The Hall–Kier alpha value is -2.22. The largest absolute Gasteiger partial charge is 0.490 e. The van der Waals surface area contributed by atoms with Crippen molar-refractivity contribution in [3.05, 3.63) is 61.0 Å². The molecule has 0 unspecified atom stereocenters. The first-order chi connectivity index (χ1) is 9.59. The summed E-state index contributed by atoms with van der Waals surface area (Å²) < 4.78 is -0.734. The Balaban J connectivity index is 3.97. The van der Waals surface area contributed by atoms with E-state index in [0.29, 0.717) is 0 Å². The Kier molecular flexibility index (Phi) is 4.84. The Labute approximate surface area is 130 Å². The molecule has 0 radical (unpaired) electrons. The maximum absolute atomic E-state index is 11.0. The molecular weight excluding hydrogens is 428 g/mol. The van der Waals surface area contributed by atoms with Gasteiger partial charge in [0, 0.05) is 0 Å². The number of nitro benzene ring substituents is 2. The van der Waals surface area contributed by atoms with Crippen molar-refractivity contribution >= 4 is 43.2 Å². The maximum Gasteiger partial charge on any atom is 0.490 e. The molecule has 0 amide bonds. The molecule has 0 fully saturated rings. The van der Waals surface area contributed by atoms with Crippen molar-refractivity contribution in [1.29, 1.82) is 0 Å². The summed E-state index contributed by atoms with van der Waals surface area (Å²) in [5, 5.41) is 43.5. The minimum atomic E-state index is -2.85. The summed E-state index contributed by atoms with van der Waals surface area (Å²) in [7, 11) is 0. The molecule has 0 aliphatic carbocycles. The quantitative estimate of drug-likeness (QED) is 0.389. The van der Waals surface area contributed by atoms with Gasteiger partial charge in [0.25, 0.3) is 5.56 Å². The summed E-state index contributed by atoms with van der Waals surface area (Å²) >= 11 is 5.42. The van der Waals surface area contributed by atoms with Gasteiger partial charge in [0.2, 0.25) is 0 Å². The first-order valence-corrected chi connectivity index (χ1v) is 6.25. The second-order valence-corrected chi connectivity index (χ2v) is 5.12. The van der Waals surface area contributed by atoms with Crippen LogP contribution in [0.5, 0.6) is 0 Å². The van der Waals surface area contributed by atoms with Crippen molar-refractivity contribution in [2.45, 2.75) is 6.17 Å². The van der Waals surface area contributed by atoms with Crippen LogP contribution < -0.4 is 0 Å². The zero-order valence-electron chi connectivity index (χ0n) is 9.47. The number of hydrogen-bond donors (Lipinski definition) is 0. The molecule has 0 atom stereocenters. The van der Waals surface area contributed by atoms with Gasteiger partial charge in [-0.05, 0) is 37.9 Å². The summed E-state index contributed by atoms with van der Waals surface area (Å²) in [6, 6.07) is 0.913. The Morgan fingerprint density at radius 1 is 0.810 bits per heavy atom. The minimum Gasteiger partial charge on any atom is -0.258 e. The summed E-state index contributed by atoms with van der Waals surface area (Å²) in [5.74, 6) is 0. The highest BCUT2D eigenvalue weighted by Gasteiger charge is 2.50. The third-order valence-corrected chi connectivity index (χ3v) is 3.45. The van der Waals surface area contributed by atoms with Crippen molar-refractivity contribution in [2.24, 2.45) is 0 Å². The Bertz CT molecular complexity index is 625. The van der Waals surface area contributed by atoms with Crippen LogP contribution in [0.1, 0.15) is 11.7 Å². The SMILES string of the molecule is O=[N+]([O-])c1c(Br)cc(Br)c([N+](=O)[O-])c1C([N+](=O)[O-])[N+](=O)[O-]. The lowest BCUT2D eigenvalue weighted by molar-refractivity contribution is -0.753. The number of nitro groups is 4. The molecule has 0 saturated carbocycles. The van der Waals surface area contributed by atoms with E-state index in [1.165, 1.54) is 0 Å². The fraction of sp³-hybridized carbons (Fsp3) is 0.143. The first-order valence-electron chi connectivity index (χ1n) is 4.67. The summed E-state index contributed by atoms with van der Waals surface area (Å²) in [5.41, 5.74) is -3.44. The van der Waals surface area contributed by atoms with Crippen LogP contribution in [0, 0.1) is 40.5 Å². The van der Waals surface area contributed by atoms with Gasteiger partial charge in [0.05, 0.1) is 18.8 Å². The highest BCUT2D eigenvalue weighted by Crippen LogP contribution is 2.44. The van der Waals surface area contributed by atoms with Gasteiger partial charge in [0.1, 0.15) is 9.85 Å². The zero-order chi connectivity index (χ0) is 16.5. The molecule has 0 aliphatic heterocycles. The lowest BCUT2D eigenvalue weighted by Gasteiger charge is -2.07. The standard InChI is InChI=1S/C7H2Br2N4O8/c8-2-1-3(9)6(11(16)17)4(5(2)10(14)15)7(12(18)19)13(20)21/h1,7H. The lowest BCUT2D eigenvalue weighted by atomic mass is 10.1. The third kappa shape index (κ3) is 3.10. The van der Waals surface area contributed by atoms with E-state index in [2.05, 4.69) is 31.9 Å². The predicted molar refractivity (Wildman–Crippen MR) is 71.9 cm³/mol. The van der Waals surface area contributed by atoms with Crippen LogP contribution in [0.25, 0.3) is 0 Å². The second-order valence-electron chi connectivity index (χ2n) is 3.41. The van der Waals surface area contributed by atoms with Crippen LogP contribution in [0.15, 0.2) is 15.0 Å². The van der Waals surface area contributed by atoms with Gasteiger partial charge >= 0.3 is 17.5 Å². The number of benzene rings is 1. The summed E-state index contributed by atoms with van der Waals surface area (Å²) in [4.78, 5) is 38.3. The number of hydrogen-bond acceptors (Lipinski definition) is 8. The van der Waals surface area contributed by atoms with E-state index in [1.807, 2.05) is 0 Å². The average Bonchev–Trinajstić information content (AvgIpc) is 2.25. The highest BCUT2D eigenvalue weighted by atomic mass is 79.9. The molecule has 12 nitrogen and oxygen atoms in total. The van der Waals surface area contributed by atoms with Gasteiger partial charge in [0.15, 0.2) is 0 Å². The van der Waals surface area contributed by atoms with E-state index in [4.69, 9.17) is 0 Å². The predicted octanol–water partition coefficient (Wildman–Crippen LogP) is 2.58. The fourth-order valence-electron chi connectivity index (χ4n) is 1.52. The van der Waals surface area contributed by atoms with Crippen molar-refractivity contribution < 1.29 is 19.7 Å². The Morgan fingerprint density at radius 2 is 1.14 bits per heavy atom. The van der Waals surface area contributed by atoms with Crippen LogP contribution in [-0.4, -0.2) is 19.7 Å². The molecule has 0 heterocycles. The molecule has 0 bridgehead atoms. The second kappa shape index (κ2) is 6.04. The monoisotopic (exact) mass is 428 g/mol. The molecule has 21 heavy (non-hydrogen) atoms. The smallest absolute Gasteiger partial charge is 0.258 e. The van der Waals surface area contributed by atoms with Crippen molar-refractivity contribution in [1.82, 2.24) is 0 Å². The van der Waals surface area contributed by atoms with E-state index >= 15 is 0 Å². The van der Waals surface area contributed by atoms with Gasteiger partial charge in [-0.15, -0.1) is 0 Å². The van der Waals surface area contributed by atoms with E-state index in [0.717, 1.165) is 6.07 Å². The van der Waals surface area contributed by atoms with Crippen LogP contribution in [0.3, 0.4) is 0 Å². The normalized spacial score (nSPS) is 10.4. The molecule has 0 aliphatic rings. The van der Waals surface area contributed by atoms with Gasteiger partial charge in [-0.2, -0.15) is 0 Å². The van der Waals surface area contributed by atoms with Crippen molar-refractivity contribution in [2.75, 3.05) is 0 Å². The average molecular weight is 430 g/mol. The van der Waals surface area contributed by atoms with Crippen LogP contribution in [0.4, 0.5) is 11.4 Å². The summed E-state index contributed by atoms with van der Waals surface area (Å²) in [6.07, 6.45) is -2.85. The fourth-order valence-corrected chi connectivity index (χ4v) is 3.00. The van der Waals surface area contributed by atoms with Crippen molar-refractivity contribution in [3.8, 4) is 0 Å². The molecule has 0 saturated heterocycles. The molecule has 1 rings (SSSR count). The zero-order valence-corrected chi connectivity index (χ0v) is 12.6. The first kappa shape index (κ1) is 16.8. The molecule has 0 aromatic heterocycles. The Morgan fingerprint density at radius 3 is 1.38 bits per heavy atom. The van der Waals surface area contributed by atoms with Gasteiger partial charge in [-0.3, -0.25) is 40.5 Å².